The predicted molar refractivity (Wildman–Crippen MR) is 54.4 cm³/mol. The summed E-state index contributed by atoms with van der Waals surface area (Å²) in [4.78, 5) is 0. The molecule has 3 nitrogen and oxygen atoms in total. The standard InChI is InChI=1S/C12H14O3/c1-2-4-10(5-3-1)11-13-8-12(9-14-11)6-7-15-12/h1-5,11H,6-9H2. The fourth-order valence-electron chi connectivity index (χ4n) is 1.97. The quantitative estimate of drug-likeness (QED) is 0.702. The van der Waals surface area contributed by atoms with Crippen molar-refractivity contribution in [2.45, 2.75) is 18.3 Å². The fourth-order valence-corrected chi connectivity index (χ4v) is 1.97. The van der Waals surface area contributed by atoms with Crippen LogP contribution in [0.2, 0.25) is 0 Å². The van der Waals surface area contributed by atoms with Crippen LogP contribution in [0.15, 0.2) is 30.3 Å². The zero-order valence-corrected chi connectivity index (χ0v) is 8.52. The highest BCUT2D eigenvalue weighted by Crippen LogP contribution is 2.35. The maximum absolute atomic E-state index is 5.67. The van der Waals surface area contributed by atoms with Gasteiger partial charge in [-0.05, 0) is 0 Å². The molecule has 0 atom stereocenters. The first kappa shape index (κ1) is 9.33. The first-order chi connectivity index (χ1) is 7.38. The molecule has 2 aliphatic rings. The van der Waals surface area contributed by atoms with E-state index >= 15 is 0 Å². The van der Waals surface area contributed by atoms with Gasteiger partial charge < -0.3 is 14.2 Å². The van der Waals surface area contributed by atoms with Crippen molar-refractivity contribution in [1.82, 2.24) is 0 Å². The minimum Gasteiger partial charge on any atom is -0.370 e. The lowest BCUT2D eigenvalue weighted by atomic mass is 9.96. The topological polar surface area (TPSA) is 27.7 Å². The summed E-state index contributed by atoms with van der Waals surface area (Å²) in [6.07, 6.45) is 0.829. The van der Waals surface area contributed by atoms with E-state index in [1.807, 2.05) is 30.3 Å². The predicted octanol–water partition coefficient (Wildman–Crippen LogP) is 1.89. The summed E-state index contributed by atoms with van der Waals surface area (Å²) in [5, 5.41) is 0. The van der Waals surface area contributed by atoms with E-state index in [9.17, 15) is 0 Å². The van der Waals surface area contributed by atoms with Gasteiger partial charge in [0.15, 0.2) is 6.29 Å². The summed E-state index contributed by atoms with van der Waals surface area (Å²) in [7, 11) is 0. The molecule has 1 aromatic carbocycles. The SMILES string of the molecule is c1ccc(C2OCC3(CCO3)CO2)cc1. The van der Waals surface area contributed by atoms with Crippen molar-refractivity contribution < 1.29 is 14.2 Å². The summed E-state index contributed by atoms with van der Waals surface area (Å²) < 4.78 is 16.8. The molecule has 0 N–H and O–H groups in total. The van der Waals surface area contributed by atoms with E-state index in [-0.39, 0.29) is 11.9 Å². The lowest BCUT2D eigenvalue weighted by molar-refractivity contribution is -0.305. The van der Waals surface area contributed by atoms with Crippen molar-refractivity contribution >= 4 is 0 Å². The van der Waals surface area contributed by atoms with Crippen molar-refractivity contribution in [3.05, 3.63) is 35.9 Å². The molecule has 0 aliphatic carbocycles. The molecule has 2 aliphatic heterocycles. The minimum absolute atomic E-state index is 0.134. The maximum atomic E-state index is 5.67. The van der Waals surface area contributed by atoms with Gasteiger partial charge in [0.25, 0.3) is 0 Å². The van der Waals surface area contributed by atoms with Gasteiger partial charge in [0, 0.05) is 12.0 Å². The van der Waals surface area contributed by atoms with Gasteiger partial charge in [0.1, 0.15) is 5.60 Å². The summed E-state index contributed by atoms with van der Waals surface area (Å²) in [6.45, 7) is 2.13. The van der Waals surface area contributed by atoms with Crippen molar-refractivity contribution in [3.63, 3.8) is 0 Å². The molecule has 0 radical (unpaired) electrons. The molecule has 0 amide bonds. The Bertz CT molecular complexity index is 322. The second-order valence-electron chi connectivity index (χ2n) is 4.15. The number of rotatable bonds is 1. The number of hydrogen-bond acceptors (Lipinski definition) is 3. The highest BCUT2D eigenvalue weighted by Gasteiger charge is 2.43. The second-order valence-corrected chi connectivity index (χ2v) is 4.15. The molecule has 1 spiro atoms. The Morgan fingerprint density at radius 1 is 1.07 bits per heavy atom. The molecule has 0 unspecified atom stereocenters. The molecule has 2 fully saturated rings. The normalized spacial score (nSPS) is 35.1. The Labute approximate surface area is 89.0 Å². The molecular weight excluding hydrogens is 192 g/mol. The average Bonchev–Trinajstić information content (AvgIpc) is 2.28. The van der Waals surface area contributed by atoms with E-state index in [4.69, 9.17) is 14.2 Å². The van der Waals surface area contributed by atoms with Gasteiger partial charge in [-0.3, -0.25) is 0 Å². The van der Waals surface area contributed by atoms with Crippen molar-refractivity contribution in [3.8, 4) is 0 Å². The average molecular weight is 206 g/mol. The van der Waals surface area contributed by atoms with E-state index < -0.39 is 0 Å². The van der Waals surface area contributed by atoms with Crippen LogP contribution in [0, 0.1) is 0 Å². The third-order valence-corrected chi connectivity index (χ3v) is 3.03. The van der Waals surface area contributed by atoms with Crippen LogP contribution in [0.1, 0.15) is 18.3 Å². The van der Waals surface area contributed by atoms with Gasteiger partial charge in [-0.1, -0.05) is 30.3 Å². The Balaban J connectivity index is 1.67. The van der Waals surface area contributed by atoms with Gasteiger partial charge in [0.2, 0.25) is 0 Å². The van der Waals surface area contributed by atoms with Gasteiger partial charge in [-0.2, -0.15) is 0 Å². The molecule has 0 bridgehead atoms. The number of benzene rings is 1. The summed E-state index contributed by atoms with van der Waals surface area (Å²) in [5.41, 5.74) is 0.942. The molecule has 1 aromatic rings. The van der Waals surface area contributed by atoms with Crippen LogP contribution in [-0.4, -0.2) is 25.4 Å². The van der Waals surface area contributed by atoms with Crippen LogP contribution in [0.4, 0.5) is 0 Å². The van der Waals surface area contributed by atoms with Crippen LogP contribution < -0.4 is 0 Å². The molecule has 0 aromatic heterocycles. The smallest absolute Gasteiger partial charge is 0.184 e. The summed E-state index contributed by atoms with van der Waals surface area (Å²) >= 11 is 0. The van der Waals surface area contributed by atoms with E-state index in [1.54, 1.807) is 0 Å². The lowest BCUT2D eigenvalue weighted by Crippen LogP contribution is -2.54. The van der Waals surface area contributed by atoms with E-state index in [2.05, 4.69) is 0 Å². The van der Waals surface area contributed by atoms with Crippen LogP contribution in [0.3, 0.4) is 0 Å². The highest BCUT2D eigenvalue weighted by molar-refractivity contribution is 5.16. The number of hydrogen-bond donors (Lipinski definition) is 0. The Morgan fingerprint density at radius 2 is 1.73 bits per heavy atom. The summed E-state index contributed by atoms with van der Waals surface area (Å²) in [6, 6.07) is 10.0. The molecule has 2 saturated heterocycles. The molecule has 15 heavy (non-hydrogen) atoms. The largest absolute Gasteiger partial charge is 0.370 e. The van der Waals surface area contributed by atoms with Crippen molar-refractivity contribution in [2.75, 3.05) is 19.8 Å². The fraction of sp³-hybridized carbons (Fsp3) is 0.500. The van der Waals surface area contributed by atoms with Gasteiger partial charge in [-0.15, -0.1) is 0 Å². The van der Waals surface area contributed by atoms with Crippen molar-refractivity contribution in [1.29, 1.82) is 0 Å². The zero-order valence-electron chi connectivity index (χ0n) is 8.52. The lowest BCUT2D eigenvalue weighted by Gasteiger charge is -2.45. The van der Waals surface area contributed by atoms with Crippen LogP contribution >= 0.6 is 0 Å². The Morgan fingerprint density at radius 3 is 2.27 bits per heavy atom. The first-order valence-electron chi connectivity index (χ1n) is 5.30. The Kier molecular flexibility index (Phi) is 2.24. The third kappa shape index (κ3) is 1.67. The summed E-state index contributed by atoms with van der Waals surface area (Å²) in [5.74, 6) is 0. The van der Waals surface area contributed by atoms with E-state index in [1.165, 1.54) is 0 Å². The van der Waals surface area contributed by atoms with Crippen LogP contribution in [0.25, 0.3) is 0 Å². The first-order valence-corrected chi connectivity index (χ1v) is 5.30. The van der Waals surface area contributed by atoms with Crippen LogP contribution in [-0.2, 0) is 14.2 Å². The van der Waals surface area contributed by atoms with Gasteiger partial charge in [-0.25, -0.2) is 0 Å². The Hall–Kier alpha value is -0.900. The molecule has 2 heterocycles. The zero-order chi connectivity index (χ0) is 10.1. The second kappa shape index (κ2) is 3.59. The van der Waals surface area contributed by atoms with Gasteiger partial charge in [0.05, 0.1) is 19.8 Å². The number of ether oxygens (including phenoxy) is 3. The minimum atomic E-state index is -0.221. The molecular formula is C12H14O3. The third-order valence-electron chi connectivity index (χ3n) is 3.03. The maximum Gasteiger partial charge on any atom is 0.184 e. The van der Waals surface area contributed by atoms with Gasteiger partial charge >= 0.3 is 0 Å². The van der Waals surface area contributed by atoms with E-state index in [0.717, 1.165) is 18.6 Å². The highest BCUT2D eigenvalue weighted by atomic mass is 16.7. The molecule has 3 heteroatoms. The molecule has 0 saturated carbocycles. The molecule has 3 rings (SSSR count). The monoisotopic (exact) mass is 206 g/mol. The molecule has 80 valence electrons. The van der Waals surface area contributed by atoms with Crippen molar-refractivity contribution in [2.24, 2.45) is 0 Å². The van der Waals surface area contributed by atoms with E-state index in [0.29, 0.717) is 13.2 Å². The van der Waals surface area contributed by atoms with Crippen LogP contribution in [0.5, 0.6) is 0 Å².